The van der Waals surface area contributed by atoms with Crippen molar-refractivity contribution in [2.24, 2.45) is 5.41 Å². The topological polar surface area (TPSA) is 59.0 Å². The van der Waals surface area contributed by atoms with Crippen molar-refractivity contribution in [3.63, 3.8) is 0 Å². The minimum Gasteiger partial charge on any atom is -0.493 e. The Balaban J connectivity index is 2.18. The van der Waals surface area contributed by atoms with Gasteiger partial charge in [-0.3, -0.25) is 9.69 Å². The molecule has 5 heteroatoms. The Kier molecular flexibility index (Phi) is 4.42. The van der Waals surface area contributed by atoms with Crippen LogP contribution in [0.2, 0.25) is 0 Å². The summed E-state index contributed by atoms with van der Waals surface area (Å²) in [5.74, 6) is 0.678. The molecule has 1 aliphatic rings. The van der Waals surface area contributed by atoms with Crippen LogP contribution in [0.3, 0.4) is 0 Å². The highest BCUT2D eigenvalue weighted by Crippen LogP contribution is 2.37. The Morgan fingerprint density at radius 1 is 1.33 bits per heavy atom. The van der Waals surface area contributed by atoms with Crippen LogP contribution >= 0.6 is 0 Å². The van der Waals surface area contributed by atoms with Crippen LogP contribution in [0, 0.1) is 5.41 Å². The van der Waals surface area contributed by atoms with E-state index in [9.17, 15) is 9.90 Å². The van der Waals surface area contributed by atoms with Gasteiger partial charge in [0, 0.05) is 12.6 Å². The Morgan fingerprint density at radius 3 is 2.52 bits per heavy atom. The number of ether oxygens (including phenoxy) is 2. The maximum absolute atomic E-state index is 11.3. The van der Waals surface area contributed by atoms with E-state index in [1.54, 1.807) is 14.2 Å². The van der Waals surface area contributed by atoms with Gasteiger partial charge in [-0.2, -0.15) is 0 Å². The van der Waals surface area contributed by atoms with Crippen LogP contribution in [0.4, 0.5) is 0 Å². The lowest BCUT2D eigenvalue weighted by atomic mass is 9.90. The lowest BCUT2D eigenvalue weighted by Gasteiger charge is -2.26. The van der Waals surface area contributed by atoms with Gasteiger partial charge in [-0.1, -0.05) is 6.07 Å². The number of benzene rings is 1. The van der Waals surface area contributed by atoms with E-state index in [4.69, 9.17) is 9.47 Å². The molecule has 0 amide bonds. The van der Waals surface area contributed by atoms with Gasteiger partial charge in [0.15, 0.2) is 11.5 Å². The highest BCUT2D eigenvalue weighted by Gasteiger charge is 2.41. The smallest absolute Gasteiger partial charge is 0.310 e. The Hall–Kier alpha value is -1.75. The van der Waals surface area contributed by atoms with Crippen LogP contribution in [-0.2, 0) is 4.79 Å². The maximum atomic E-state index is 11.3. The molecule has 0 radical (unpaired) electrons. The molecule has 0 aromatic heterocycles. The fourth-order valence-electron chi connectivity index (χ4n) is 2.83. The van der Waals surface area contributed by atoms with Gasteiger partial charge in [0.05, 0.1) is 19.6 Å². The Morgan fingerprint density at radius 2 is 2.00 bits per heavy atom. The molecule has 2 rings (SSSR count). The maximum Gasteiger partial charge on any atom is 0.310 e. The monoisotopic (exact) mass is 293 g/mol. The second-order valence-corrected chi connectivity index (χ2v) is 5.88. The number of hydrogen-bond acceptors (Lipinski definition) is 4. The predicted molar refractivity (Wildman–Crippen MR) is 79.9 cm³/mol. The molecule has 5 nitrogen and oxygen atoms in total. The summed E-state index contributed by atoms with van der Waals surface area (Å²) in [7, 11) is 3.23. The van der Waals surface area contributed by atoms with E-state index >= 15 is 0 Å². The van der Waals surface area contributed by atoms with Crippen molar-refractivity contribution in [1.29, 1.82) is 0 Å². The summed E-state index contributed by atoms with van der Waals surface area (Å²) < 4.78 is 10.6. The average Bonchev–Trinajstić information content (AvgIpc) is 2.89. The second-order valence-electron chi connectivity index (χ2n) is 5.88. The minimum atomic E-state index is -0.718. The standard InChI is InChI=1S/C16H23NO4/c1-11(17-8-7-16(2,10-17)15(18)19)12-5-6-13(20-3)14(9-12)21-4/h5-6,9,11H,7-8,10H2,1-4H3,(H,18,19). The quantitative estimate of drug-likeness (QED) is 0.904. The molecule has 1 fully saturated rings. The van der Waals surface area contributed by atoms with E-state index in [0.717, 1.165) is 12.1 Å². The lowest BCUT2D eigenvalue weighted by Crippen LogP contribution is -2.32. The van der Waals surface area contributed by atoms with Crippen molar-refractivity contribution in [1.82, 2.24) is 4.90 Å². The molecule has 0 aliphatic carbocycles. The van der Waals surface area contributed by atoms with Crippen molar-refractivity contribution < 1.29 is 19.4 Å². The van der Waals surface area contributed by atoms with Gasteiger partial charge < -0.3 is 14.6 Å². The molecule has 0 bridgehead atoms. The van der Waals surface area contributed by atoms with E-state index in [1.807, 2.05) is 25.1 Å². The highest BCUT2D eigenvalue weighted by atomic mass is 16.5. The Bertz CT molecular complexity index is 531. The van der Waals surface area contributed by atoms with Gasteiger partial charge in [0.1, 0.15) is 0 Å². The summed E-state index contributed by atoms with van der Waals surface area (Å²) in [5.41, 5.74) is 0.451. The van der Waals surface area contributed by atoms with E-state index < -0.39 is 11.4 Å². The number of methoxy groups -OCH3 is 2. The van der Waals surface area contributed by atoms with E-state index in [-0.39, 0.29) is 6.04 Å². The molecule has 2 atom stereocenters. The largest absolute Gasteiger partial charge is 0.493 e. The van der Waals surface area contributed by atoms with Crippen LogP contribution in [0.5, 0.6) is 11.5 Å². The summed E-state index contributed by atoms with van der Waals surface area (Å²) in [5, 5.41) is 9.33. The zero-order chi connectivity index (χ0) is 15.6. The molecule has 2 unspecified atom stereocenters. The first-order valence-electron chi connectivity index (χ1n) is 7.10. The van der Waals surface area contributed by atoms with Gasteiger partial charge in [0.25, 0.3) is 0 Å². The van der Waals surface area contributed by atoms with Gasteiger partial charge >= 0.3 is 5.97 Å². The van der Waals surface area contributed by atoms with Crippen molar-refractivity contribution in [2.45, 2.75) is 26.3 Å². The number of likely N-dealkylation sites (tertiary alicyclic amines) is 1. The molecule has 1 heterocycles. The van der Waals surface area contributed by atoms with Crippen LogP contribution in [0.25, 0.3) is 0 Å². The highest BCUT2D eigenvalue weighted by molar-refractivity contribution is 5.74. The molecule has 1 saturated heterocycles. The molecule has 1 N–H and O–H groups in total. The van der Waals surface area contributed by atoms with Crippen molar-refractivity contribution >= 4 is 5.97 Å². The first-order chi connectivity index (χ1) is 9.91. The molecular weight excluding hydrogens is 270 g/mol. The molecule has 0 spiro atoms. The lowest BCUT2D eigenvalue weighted by molar-refractivity contribution is -0.147. The van der Waals surface area contributed by atoms with Crippen molar-refractivity contribution in [3.05, 3.63) is 23.8 Å². The number of hydrogen-bond donors (Lipinski definition) is 1. The molecule has 21 heavy (non-hydrogen) atoms. The Labute approximate surface area is 125 Å². The number of aliphatic carboxylic acids is 1. The third kappa shape index (κ3) is 2.97. The summed E-state index contributed by atoms with van der Waals surface area (Å²) in [6.07, 6.45) is 0.681. The van der Waals surface area contributed by atoms with Crippen molar-refractivity contribution in [2.75, 3.05) is 27.3 Å². The van der Waals surface area contributed by atoms with Crippen LogP contribution in [0.1, 0.15) is 31.9 Å². The number of rotatable bonds is 5. The predicted octanol–water partition coefficient (Wildman–Crippen LogP) is 2.56. The average molecular weight is 293 g/mol. The third-order valence-electron chi connectivity index (χ3n) is 4.46. The van der Waals surface area contributed by atoms with Gasteiger partial charge in [0.2, 0.25) is 0 Å². The van der Waals surface area contributed by atoms with Crippen LogP contribution in [0.15, 0.2) is 18.2 Å². The minimum absolute atomic E-state index is 0.144. The number of nitrogens with zero attached hydrogens (tertiary/aromatic N) is 1. The first kappa shape index (κ1) is 15.6. The molecule has 1 aromatic rings. The van der Waals surface area contributed by atoms with Crippen LogP contribution < -0.4 is 9.47 Å². The summed E-state index contributed by atoms with van der Waals surface area (Å²) in [4.78, 5) is 13.6. The molecule has 1 aliphatic heterocycles. The number of carboxylic acids is 1. The zero-order valence-electron chi connectivity index (χ0n) is 13.0. The molecular formula is C16H23NO4. The van der Waals surface area contributed by atoms with E-state index in [0.29, 0.717) is 24.5 Å². The van der Waals surface area contributed by atoms with Gasteiger partial charge in [-0.25, -0.2) is 0 Å². The van der Waals surface area contributed by atoms with E-state index in [1.165, 1.54) is 0 Å². The molecule has 0 saturated carbocycles. The number of carbonyl (C=O) groups is 1. The van der Waals surface area contributed by atoms with Crippen LogP contribution in [-0.4, -0.2) is 43.3 Å². The molecule has 116 valence electrons. The second kappa shape index (κ2) is 5.93. The summed E-state index contributed by atoms with van der Waals surface area (Å²) in [6, 6.07) is 5.99. The molecule has 1 aromatic carbocycles. The summed E-state index contributed by atoms with van der Waals surface area (Å²) >= 11 is 0. The first-order valence-corrected chi connectivity index (χ1v) is 7.10. The van der Waals surface area contributed by atoms with Gasteiger partial charge in [-0.05, 0) is 44.5 Å². The fourth-order valence-corrected chi connectivity index (χ4v) is 2.83. The SMILES string of the molecule is COc1ccc(C(C)N2CCC(C)(C(=O)O)C2)cc1OC. The fraction of sp³-hybridized carbons (Fsp3) is 0.562. The van der Waals surface area contributed by atoms with Crippen molar-refractivity contribution in [3.8, 4) is 11.5 Å². The zero-order valence-corrected chi connectivity index (χ0v) is 13.0. The third-order valence-corrected chi connectivity index (χ3v) is 4.46. The van der Waals surface area contributed by atoms with Gasteiger partial charge in [-0.15, -0.1) is 0 Å². The van der Waals surface area contributed by atoms with E-state index in [2.05, 4.69) is 11.8 Å². The number of carboxylic acid groups (broad SMARTS) is 1. The normalized spacial score (nSPS) is 23.8. The summed E-state index contributed by atoms with van der Waals surface area (Å²) in [6.45, 7) is 5.27.